The van der Waals surface area contributed by atoms with Gasteiger partial charge in [-0.3, -0.25) is 0 Å². The van der Waals surface area contributed by atoms with Crippen molar-refractivity contribution in [2.75, 3.05) is 0 Å². The summed E-state index contributed by atoms with van der Waals surface area (Å²) in [7, 11) is 0. The number of rotatable bonds is 2. The summed E-state index contributed by atoms with van der Waals surface area (Å²) >= 11 is 1.46. The molecule has 0 aliphatic heterocycles. The maximum Gasteiger partial charge on any atom is -0.0253 e. The van der Waals surface area contributed by atoms with Crippen LogP contribution in [0.2, 0.25) is 0 Å². The number of fused-ring (bicyclic) bond motifs is 3. The van der Waals surface area contributed by atoms with Crippen LogP contribution in [0, 0.1) is 19.9 Å². The van der Waals surface area contributed by atoms with Gasteiger partial charge in [-0.1, -0.05) is 69.0 Å². The molecule has 0 aromatic heterocycles. The number of aryl methyl sites for hydroxylation is 2. The predicted molar refractivity (Wildman–Crippen MR) is 149 cm³/mol. The van der Waals surface area contributed by atoms with Crippen molar-refractivity contribution in [1.82, 2.24) is 0 Å². The summed E-state index contributed by atoms with van der Waals surface area (Å²) in [6.45, 7) is 15.5. The van der Waals surface area contributed by atoms with Crippen LogP contribution in [0.5, 0.6) is 0 Å². The van der Waals surface area contributed by atoms with Crippen LogP contribution in [-0.4, -0.2) is 3.71 Å². The second-order valence-corrected chi connectivity index (χ2v) is 11.4. The average molecular weight is 609 g/mol. The fourth-order valence-corrected chi connectivity index (χ4v) is 5.00. The molecule has 0 saturated heterocycles. The topological polar surface area (TPSA) is 0 Å². The molecule has 0 radical (unpaired) electrons. The largest absolute Gasteiger partial charge is 1.00 e. The normalized spacial score (nSPS) is 11.0. The van der Waals surface area contributed by atoms with Gasteiger partial charge in [-0.05, 0) is 6.42 Å². The molecule has 1 aliphatic rings. The van der Waals surface area contributed by atoms with Gasteiger partial charge < -0.3 is 24.8 Å². The van der Waals surface area contributed by atoms with Crippen LogP contribution in [0.1, 0.15) is 79.5 Å². The van der Waals surface area contributed by atoms with Crippen LogP contribution in [0.25, 0.3) is 11.1 Å². The fourth-order valence-electron chi connectivity index (χ4n) is 4.52. The second-order valence-electron chi connectivity index (χ2n) is 10.7. The van der Waals surface area contributed by atoms with Gasteiger partial charge in [0.2, 0.25) is 0 Å². The van der Waals surface area contributed by atoms with E-state index in [1.807, 2.05) is 6.07 Å². The third-order valence-corrected chi connectivity index (χ3v) is 7.28. The maximum absolute atomic E-state index is 3.30. The van der Waals surface area contributed by atoms with Gasteiger partial charge in [0, 0.05) is 0 Å². The first-order valence-electron chi connectivity index (χ1n) is 12.5. The first kappa shape index (κ1) is 33.4. The molecule has 0 amide bonds. The van der Waals surface area contributed by atoms with Gasteiger partial charge in [0.1, 0.15) is 0 Å². The molecule has 0 fully saturated rings. The molecule has 0 nitrogen and oxygen atoms in total. The van der Waals surface area contributed by atoms with Crippen LogP contribution in [0.3, 0.4) is 0 Å². The Morgan fingerprint density at radius 2 is 1.51 bits per heavy atom. The molecule has 5 rings (SSSR count). The molecule has 4 aromatic carbocycles. The van der Waals surface area contributed by atoms with Gasteiger partial charge in [0.05, 0.1) is 0 Å². The van der Waals surface area contributed by atoms with Crippen molar-refractivity contribution < 1.29 is 49.0 Å². The van der Waals surface area contributed by atoms with Gasteiger partial charge in [0.25, 0.3) is 0 Å². The molecule has 0 atom stereocenters. The summed E-state index contributed by atoms with van der Waals surface area (Å²) in [5.41, 5.74) is 12.9. The van der Waals surface area contributed by atoms with E-state index in [9.17, 15) is 0 Å². The second kappa shape index (κ2) is 15.1. The molecule has 0 saturated carbocycles. The van der Waals surface area contributed by atoms with E-state index in [0.29, 0.717) is 5.92 Å². The molecule has 194 valence electrons. The van der Waals surface area contributed by atoms with Gasteiger partial charge in [-0.2, -0.15) is 52.6 Å². The Bertz CT molecular complexity index is 1210. The Hall–Kier alpha value is -1.66. The predicted octanol–water partition coefficient (Wildman–Crippen LogP) is 2.89. The molecule has 0 spiro atoms. The molecule has 1 aliphatic carbocycles. The molecule has 0 heterocycles. The molecule has 0 unspecified atom stereocenters. The molecular weight excluding hydrogens is 571 g/mol. The Labute approximate surface area is 252 Å². The van der Waals surface area contributed by atoms with Gasteiger partial charge in [0.15, 0.2) is 0 Å². The van der Waals surface area contributed by atoms with Gasteiger partial charge in [-0.25, -0.2) is 6.07 Å². The summed E-state index contributed by atoms with van der Waals surface area (Å²) in [4.78, 5) is 0. The Balaban J connectivity index is 0.000000273. The average Bonchev–Trinajstić information content (AvgIpc) is 3.38. The van der Waals surface area contributed by atoms with E-state index in [0.717, 1.165) is 6.42 Å². The van der Waals surface area contributed by atoms with E-state index in [-0.39, 0.29) is 30.2 Å². The summed E-state index contributed by atoms with van der Waals surface area (Å²) in [6.07, 6.45) is 1.05. The van der Waals surface area contributed by atoms with Crippen LogP contribution < -0.4 is 24.8 Å². The molecule has 0 N–H and O–H groups in total. The summed E-state index contributed by atoms with van der Waals surface area (Å²) < 4.78 is 2.21. The maximum atomic E-state index is 3.30. The van der Waals surface area contributed by atoms with Crippen molar-refractivity contribution in [3.63, 3.8) is 0 Å². The Kier molecular flexibility index (Phi) is 13.6. The fraction of sp³-hybridized carbons (Fsp3) is 0.294. The number of halogens is 2. The van der Waals surface area contributed by atoms with Crippen LogP contribution in [0.15, 0.2) is 78.9 Å². The summed E-state index contributed by atoms with van der Waals surface area (Å²) in [5, 5.41) is 0. The molecule has 3 heteroatoms. The first-order chi connectivity index (χ1) is 16.6. The minimum atomic E-state index is 0. The number of hydrogen-bond donors (Lipinski definition) is 0. The number of benzene rings is 3. The van der Waals surface area contributed by atoms with Crippen molar-refractivity contribution in [3.8, 4) is 11.1 Å². The zero-order valence-corrected chi connectivity index (χ0v) is 27.1. The number of hydrogen-bond acceptors (Lipinski definition) is 0. The van der Waals surface area contributed by atoms with Crippen molar-refractivity contribution in [2.24, 2.45) is 0 Å². The van der Waals surface area contributed by atoms with E-state index in [2.05, 4.69) is 131 Å². The zero-order valence-electron chi connectivity index (χ0n) is 23.1. The third kappa shape index (κ3) is 9.24. The van der Waals surface area contributed by atoms with Crippen LogP contribution in [0.4, 0.5) is 0 Å². The van der Waals surface area contributed by atoms with E-state index < -0.39 is 0 Å². The minimum Gasteiger partial charge on any atom is -1.00 e. The molecule has 0 bridgehead atoms. The molecule has 37 heavy (non-hydrogen) atoms. The van der Waals surface area contributed by atoms with Crippen LogP contribution in [-0.2, 0) is 36.1 Å². The van der Waals surface area contributed by atoms with Gasteiger partial charge >= 0.3 is 89.5 Å². The Morgan fingerprint density at radius 1 is 0.892 bits per heavy atom. The summed E-state index contributed by atoms with van der Waals surface area (Å²) in [6, 6.07) is 31.4. The minimum absolute atomic E-state index is 0. The SMILES string of the molecule is CC(C)(C)c1ccc([CH]=[Zr+2])cc1.Cc1cc(C(C)C)c(C)[cH-]1.[Cl-].[Cl-].[c-]1cccc2c1Cc1ccccc1-2. The van der Waals surface area contributed by atoms with Crippen molar-refractivity contribution in [2.45, 2.75) is 66.2 Å². The van der Waals surface area contributed by atoms with Gasteiger partial charge in [-0.15, -0.1) is 5.56 Å². The molecular formula is C34H38Cl2Zr-2. The van der Waals surface area contributed by atoms with E-state index in [1.165, 1.54) is 74.3 Å². The van der Waals surface area contributed by atoms with Crippen molar-refractivity contribution in [3.05, 3.63) is 124 Å². The van der Waals surface area contributed by atoms with Crippen LogP contribution >= 0.6 is 0 Å². The van der Waals surface area contributed by atoms with Crippen molar-refractivity contribution in [1.29, 1.82) is 0 Å². The third-order valence-electron chi connectivity index (χ3n) is 6.46. The van der Waals surface area contributed by atoms with Crippen molar-refractivity contribution >= 4 is 3.71 Å². The monoisotopic (exact) mass is 606 g/mol. The summed E-state index contributed by atoms with van der Waals surface area (Å²) in [5.74, 6) is 0.675. The molecule has 4 aromatic rings. The first-order valence-corrected chi connectivity index (χ1v) is 13.9. The standard InChI is InChI=1S/C13H9.C11H14.C10H15.2ClH.Zr/c1-3-7-12-10(5-1)9-11-6-2-4-8-13(11)12;1-9-5-7-10(8-6-9)11(2,3)4;1-7(2)10-6-8(3)5-9(10)4;;;/h1-5,7-8H,9H2;1,5-8H,2-4H3;5-7H,1-4H3;2*1H;/q-1;;-1;;;+2/p-2. The quantitative estimate of drug-likeness (QED) is 0.271. The smallest absolute Gasteiger partial charge is 0.0253 e. The van der Waals surface area contributed by atoms with E-state index in [1.54, 1.807) is 0 Å². The van der Waals surface area contributed by atoms with E-state index >= 15 is 0 Å². The zero-order chi connectivity index (χ0) is 25.6. The Morgan fingerprint density at radius 3 is 2.03 bits per heavy atom. The van der Waals surface area contributed by atoms with E-state index in [4.69, 9.17) is 0 Å².